The van der Waals surface area contributed by atoms with Crippen molar-refractivity contribution in [3.05, 3.63) is 15.9 Å². The highest BCUT2D eigenvalue weighted by molar-refractivity contribution is 7.16. The maximum Gasteiger partial charge on any atom is 0.311 e. The predicted molar refractivity (Wildman–Crippen MR) is 105 cm³/mol. The fraction of sp³-hybridized carbons (Fsp3) is 0.667. The molecular weight excluding hydrogens is 384 g/mol. The summed E-state index contributed by atoms with van der Waals surface area (Å²) in [4.78, 5) is 32.7. The fourth-order valence-corrected chi connectivity index (χ4v) is 4.20. The molecule has 0 aliphatic carbocycles. The summed E-state index contributed by atoms with van der Waals surface area (Å²) in [5.41, 5.74) is 6.09. The number of carbonyl (C=O) groups excluding carboxylic acids is 1. The van der Waals surface area contributed by atoms with Crippen LogP contribution in [0.15, 0.2) is 11.0 Å². The molecule has 1 aliphatic heterocycles. The van der Waals surface area contributed by atoms with Crippen LogP contribution in [-0.4, -0.2) is 43.9 Å². The lowest BCUT2D eigenvalue weighted by Crippen LogP contribution is -2.33. The maximum atomic E-state index is 12.7. The molecule has 0 amide bonds. The largest absolute Gasteiger partial charge is 0.462 e. The summed E-state index contributed by atoms with van der Waals surface area (Å²) < 4.78 is 13.7. The number of hydrogen-bond donors (Lipinski definition) is 2. The fourth-order valence-electron chi connectivity index (χ4n) is 3.39. The zero-order valence-electron chi connectivity index (χ0n) is 16.4. The van der Waals surface area contributed by atoms with Gasteiger partial charge in [0.1, 0.15) is 12.3 Å². The van der Waals surface area contributed by atoms with Crippen LogP contribution in [-0.2, 0) is 14.3 Å². The van der Waals surface area contributed by atoms with Gasteiger partial charge in [-0.25, -0.2) is 4.98 Å². The molecule has 0 spiro atoms. The van der Waals surface area contributed by atoms with E-state index in [1.54, 1.807) is 20.8 Å². The topological polar surface area (TPSA) is 130 Å². The number of aliphatic hydroxyl groups excluding tert-OH is 1. The molecule has 0 radical (unpaired) electrons. The minimum Gasteiger partial charge on any atom is -0.462 e. The van der Waals surface area contributed by atoms with Crippen LogP contribution >= 0.6 is 11.3 Å². The van der Waals surface area contributed by atoms with Crippen molar-refractivity contribution in [1.82, 2.24) is 14.5 Å². The molecule has 2 aromatic heterocycles. The molecule has 9 nitrogen and oxygen atoms in total. The van der Waals surface area contributed by atoms with Gasteiger partial charge in [-0.05, 0) is 19.8 Å². The standard InChI is InChI=1S/C18H26N4O5S/c1-5-11(23)12-6-10(9(4)26-16(24)8(2)3)15(27-12)22-14-13(28-18(22)25)7-20-17(19)21-14/h7-12,15,23H,5-6H2,1-4H3,(H2,19,20,21)/t9-,10+,11+,12?,15-/m1/s1. The quantitative estimate of drug-likeness (QED) is 0.688. The van der Waals surface area contributed by atoms with E-state index in [-0.39, 0.29) is 28.6 Å². The molecule has 3 N–H and O–H groups in total. The van der Waals surface area contributed by atoms with E-state index in [2.05, 4.69) is 9.97 Å². The summed E-state index contributed by atoms with van der Waals surface area (Å²) in [6, 6.07) is 0. The summed E-state index contributed by atoms with van der Waals surface area (Å²) in [5, 5.41) is 10.3. The molecule has 3 rings (SSSR count). The monoisotopic (exact) mass is 410 g/mol. The zero-order valence-corrected chi connectivity index (χ0v) is 17.2. The first-order valence-electron chi connectivity index (χ1n) is 9.40. The Hall–Kier alpha value is -2.04. The number of thiazole rings is 1. The molecule has 154 valence electrons. The molecule has 0 bridgehead atoms. The zero-order chi connectivity index (χ0) is 20.6. The van der Waals surface area contributed by atoms with E-state index in [9.17, 15) is 14.7 Å². The second-order valence-electron chi connectivity index (χ2n) is 7.39. The Balaban J connectivity index is 2.00. The third-order valence-corrected chi connectivity index (χ3v) is 5.92. The summed E-state index contributed by atoms with van der Waals surface area (Å²) in [5.74, 6) is -0.851. The molecule has 28 heavy (non-hydrogen) atoms. The predicted octanol–water partition coefficient (Wildman–Crippen LogP) is 1.70. The Morgan fingerprint density at radius 3 is 2.86 bits per heavy atom. The van der Waals surface area contributed by atoms with Crippen LogP contribution in [0.4, 0.5) is 5.95 Å². The number of rotatable bonds is 6. The van der Waals surface area contributed by atoms with Crippen molar-refractivity contribution in [1.29, 1.82) is 0 Å². The van der Waals surface area contributed by atoms with Crippen LogP contribution < -0.4 is 10.6 Å². The third kappa shape index (κ3) is 3.89. The molecule has 10 heteroatoms. The molecular formula is C18H26N4O5S. The number of aromatic nitrogens is 3. The molecule has 1 unspecified atom stereocenters. The van der Waals surface area contributed by atoms with Gasteiger partial charge in [-0.1, -0.05) is 32.1 Å². The van der Waals surface area contributed by atoms with Gasteiger partial charge in [-0.2, -0.15) is 4.98 Å². The number of nitrogens with two attached hydrogens (primary N) is 1. The van der Waals surface area contributed by atoms with Crippen molar-refractivity contribution in [2.75, 3.05) is 5.73 Å². The molecule has 0 aromatic carbocycles. The normalized spacial score (nSPS) is 24.6. The van der Waals surface area contributed by atoms with E-state index >= 15 is 0 Å². The van der Waals surface area contributed by atoms with Crippen molar-refractivity contribution < 1.29 is 19.4 Å². The Bertz CT molecular complexity index is 911. The highest BCUT2D eigenvalue weighted by Gasteiger charge is 2.44. The first-order chi connectivity index (χ1) is 13.2. The SMILES string of the molecule is CC[C@H](O)C1C[C@@H]([C@@H](C)OC(=O)C(C)C)[C@H](n2c(=O)sc3cnc(N)nc32)O1. The van der Waals surface area contributed by atoms with Crippen molar-refractivity contribution in [2.45, 2.75) is 65.1 Å². The van der Waals surface area contributed by atoms with Crippen LogP contribution in [0.5, 0.6) is 0 Å². The van der Waals surface area contributed by atoms with Gasteiger partial charge in [0.2, 0.25) is 5.95 Å². The molecule has 1 aliphatic rings. The van der Waals surface area contributed by atoms with E-state index in [1.807, 2.05) is 6.92 Å². The summed E-state index contributed by atoms with van der Waals surface area (Å²) in [6.07, 6.45) is 0.0914. The maximum absolute atomic E-state index is 12.7. The second kappa shape index (κ2) is 8.14. The van der Waals surface area contributed by atoms with Gasteiger partial charge >= 0.3 is 10.8 Å². The minimum absolute atomic E-state index is 0.0537. The summed E-state index contributed by atoms with van der Waals surface area (Å²) in [7, 11) is 0. The van der Waals surface area contributed by atoms with E-state index in [0.717, 1.165) is 11.3 Å². The Kier molecular flexibility index (Phi) is 6.01. The van der Waals surface area contributed by atoms with Crippen LogP contribution in [0.1, 0.15) is 46.8 Å². The number of esters is 1. The molecule has 3 heterocycles. The van der Waals surface area contributed by atoms with Crippen LogP contribution in [0, 0.1) is 11.8 Å². The van der Waals surface area contributed by atoms with Crippen molar-refractivity contribution in [3.63, 3.8) is 0 Å². The molecule has 2 aromatic rings. The number of fused-ring (bicyclic) bond motifs is 1. The van der Waals surface area contributed by atoms with Gasteiger partial charge in [0.05, 0.1) is 29.0 Å². The third-order valence-electron chi connectivity index (χ3n) is 5.04. The number of ether oxygens (including phenoxy) is 2. The Morgan fingerprint density at radius 2 is 2.21 bits per heavy atom. The van der Waals surface area contributed by atoms with Crippen LogP contribution in [0.25, 0.3) is 10.3 Å². The number of aliphatic hydroxyl groups is 1. The second-order valence-corrected chi connectivity index (χ2v) is 8.38. The van der Waals surface area contributed by atoms with Gasteiger partial charge in [0.25, 0.3) is 0 Å². The Morgan fingerprint density at radius 1 is 1.50 bits per heavy atom. The lowest BCUT2D eigenvalue weighted by Gasteiger charge is -2.25. The molecule has 1 saturated heterocycles. The van der Waals surface area contributed by atoms with Gasteiger partial charge in [-0.15, -0.1) is 0 Å². The number of carbonyl (C=O) groups is 1. The van der Waals surface area contributed by atoms with Gasteiger partial charge < -0.3 is 20.3 Å². The van der Waals surface area contributed by atoms with E-state index in [1.165, 1.54) is 10.8 Å². The smallest absolute Gasteiger partial charge is 0.311 e. The average molecular weight is 410 g/mol. The molecule has 5 atom stereocenters. The highest BCUT2D eigenvalue weighted by Crippen LogP contribution is 2.40. The summed E-state index contributed by atoms with van der Waals surface area (Å²) in [6.45, 7) is 7.17. The van der Waals surface area contributed by atoms with Crippen molar-refractivity contribution >= 4 is 33.6 Å². The number of nitrogens with zero attached hydrogens (tertiary/aromatic N) is 3. The van der Waals surface area contributed by atoms with Gasteiger partial charge in [0.15, 0.2) is 5.65 Å². The molecule has 0 saturated carbocycles. The molecule has 1 fully saturated rings. The first kappa shape index (κ1) is 20.7. The summed E-state index contributed by atoms with van der Waals surface area (Å²) >= 11 is 0.999. The highest BCUT2D eigenvalue weighted by atomic mass is 32.1. The van der Waals surface area contributed by atoms with Crippen molar-refractivity contribution in [2.24, 2.45) is 11.8 Å². The van der Waals surface area contributed by atoms with E-state index in [0.29, 0.717) is 23.2 Å². The van der Waals surface area contributed by atoms with Crippen molar-refractivity contribution in [3.8, 4) is 0 Å². The minimum atomic E-state index is -0.725. The number of nitrogen functional groups attached to an aromatic ring is 1. The average Bonchev–Trinajstić information content (AvgIpc) is 3.21. The number of hydrogen-bond acceptors (Lipinski definition) is 9. The van der Waals surface area contributed by atoms with Crippen LogP contribution in [0.3, 0.4) is 0 Å². The van der Waals surface area contributed by atoms with Crippen LogP contribution in [0.2, 0.25) is 0 Å². The lowest BCUT2D eigenvalue weighted by molar-refractivity contribution is -0.157. The van der Waals surface area contributed by atoms with Gasteiger partial charge in [-0.3, -0.25) is 14.2 Å². The van der Waals surface area contributed by atoms with Gasteiger partial charge in [0, 0.05) is 5.92 Å². The van der Waals surface area contributed by atoms with E-state index < -0.39 is 24.5 Å². The lowest BCUT2D eigenvalue weighted by atomic mass is 9.95. The number of anilines is 1. The van der Waals surface area contributed by atoms with E-state index in [4.69, 9.17) is 15.2 Å². The first-order valence-corrected chi connectivity index (χ1v) is 10.2. The Labute approximate surface area is 166 Å².